The van der Waals surface area contributed by atoms with Crippen LogP contribution in [0.2, 0.25) is 0 Å². The van der Waals surface area contributed by atoms with Gasteiger partial charge in [0, 0.05) is 31.7 Å². The van der Waals surface area contributed by atoms with E-state index in [0.717, 1.165) is 32.2 Å². The molecule has 3 aliphatic rings. The van der Waals surface area contributed by atoms with Crippen molar-refractivity contribution in [3.05, 3.63) is 35.9 Å². The van der Waals surface area contributed by atoms with Gasteiger partial charge in [0.15, 0.2) is 5.78 Å². The largest absolute Gasteiger partial charge is 0.396 e. The second kappa shape index (κ2) is 8.91. The summed E-state index contributed by atoms with van der Waals surface area (Å²) < 4.78 is 0. The van der Waals surface area contributed by atoms with E-state index in [9.17, 15) is 9.59 Å². The molecule has 6 nitrogen and oxygen atoms in total. The highest BCUT2D eigenvalue weighted by molar-refractivity contribution is 5.87. The maximum Gasteiger partial charge on any atom is 0.321 e. The Bertz CT molecular complexity index is 782. The van der Waals surface area contributed by atoms with Crippen LogP contribution in [0, 0.1) is 5.92 Å². The van der Waals surface area contributed by atoms with Gasteiger partial charge in [-0.25, -0.2) is 4.79 Å². The van der Waals surface area contributed by atoms with Crippen LogP contribution in [0.25, 0.3) is 0 Å². The zero-order valence-corrected chi connectivity index (χ0v) is 19.1. The van der Waals surface area contributed by atoms with Crippen LogP contribution in [0.15, 0.2) is 30.3 Å². The first kappa shape index (κ1) is 22.3. The lowest BCUT2D eigenvalue weighted by Crippen LogP contribution is -2.55. The first-order valence-corrected chi connectivity index (χ1v) is 11.8. The highest BCUT2D eigenvalue weighted by atomic mass is 16.3. The lowest BCUT2D eigenvalue weighted by Gasteiger charge is -2.51. The third-order valence-corrected chi connectivity index (χ3v) is 7.85. The summed E-state index contributed by atoms with van der Waals surface area (Å²) in [4.78, 5) is 32.0. The number of benzene rings is 1. The Morgan fingerprint density at radius 1 is 1.13 bits per heavy atom. The van der Waals surface area contributed by atoms with Crippen molar-refractivity contribution in [2.75, 3.05) is 40.3 Å². The number of carbonyl (C=O) groups is 2. The topological polar surface area (TPSA) is 64.1 Å². The third-order valence-electron chi connectivity index (χ3n) is 7.85. The fourth-order valence-electron chi connectivity index (χ4n) is 5.70. The Morgan fingerprint density at radius 2 is 1.81 bits per heavy atom. The molecule has 0 atom stereocenters. The number of aliphatic hydroxyl groups excluding tert-OH is 1. The average molecular weight is 428 g/mol. The molecule has 1 heterocycles. The van der Waals surface area contributed by atoms with Gasteiger partial charge < -0.3 is 14.9 Å². The summed E-state index contributed by atoms with van der Waals surface area (Å²) in [5, 5.41) is 9.02. The molecule has 170 valence electrons. The van der Waals surface area contributed by atoms with Crippen molar-refractivity contribution in [3.8, 4) is 0 Å². The molecule has 2 amide bonds. The van der Waals surface area contributed by atoms with E-state index in [1.54, 1.807) is 4.90 Å². The summed E-state index contributed by atoms with van der Waals surface area (Å²) in [6.45, 7) is 1.69. The van der Waals surface area contributed by atoms with Crippen molar-refractivity contribution >= 4 is 11.8 Å². The monoisotopic (exact) mass is 427 g/mol. The van der Waals surface area contributed by atoms with E-state index in [-0.39, 0.29) is 36.0 Å². The number of amides is 2. The van der Waals surface area contributed by atoms with Crippen molar-refractivity contribution < 1.29 is 14.7 Å². The molecular formula is C25H37N3O3. The number of aliphatic hydroxyl groups is 1. The number of Topliss-reactive ketones (excluding diaryl/α,β-unsaturated/α-hetero) is 1. The van der Waals surface area contributed by atoms with Gasteiger partial charge in [0.05, 0.1) is 12.1 Å². The fraction of sp³-hybridized carbons (Fsp3) is 0.680. The molecule has 1 aliphatic heterocycles. The molecule has 31 heavy (non-hydrogen) atoms. The molecular weight excluding hydrogens is 390 g/mol. The lowest BCUT2D eigenvalue weighted by molar-refractivity contribution is -0.119. The first-order chi connectivity index (χ1) is 14.9. The van der Waals surface area contributed by atoms with Crippen molar-refractivity contribution in [1.82, 2.24) is 14.7 Å². The van der Waals surface area contributed by atoms with Crippen molar-refractivity contribution in [2.24, 2.45) is 5.92 Å². The summed E-state index contributed by atoms with van der Waals surface area (Å²) in [6.07, 6.45) is 7.16. The first-order valence-electron chi connectivity index (χ1n) is 11.8. The molecule has 1 N–H and O–H groups in total. The highest BCUT2D eigenvalue weighted by Gasteiger charge is 2.55. The van der Waals surface area contributed by atoms with Gasteiger partial charge in [-0.1, -0.05) is 30.3 Å². The molecule has 1 aromatic carbocycles. The molecule has 3 fully saturated rings. The summed E-state index contributed by atoms with van der Waals surface area (Å²) in [6, 6.07) is 10.8. The van der Waals surface area contributed by atoms with Gasteiger partial charge >= 0.3 is 6.03 Å². The van der Waals surface area contributed by atoms with Crippen LogP contribution in [0.5, 0.6) is 0 Å². The third kappa shape index (κ3) is 4.37. The van der Waals surface area contributed by atoms with Crippen LogP contribution >= 0.6 is 0 Å². The predicted molar refractivity (Wildman–Crippen MR) is 121 cm³/mol. The predicted octanol–water partition coefficient (Wildman–Crippen LogP) is 3.25. The van der Waals surface area contributed by atoms with Crippen LogP contribution in [-0.4, -0.2) is 77.5 Å². The second-order valence-electron chi connectivity index (χ2n) is 10.1. The Hall–Kier alpha value is -1.92. The van der Waals surface area contributed by atoms with Crippen LogP contribution in [0.3, 0.4) is 0 Å². The fourth-order valence-corrected chi connectivity index (χ4v) is 5.70. The zero-order valence-electron chi connectivity index (χ0n) is 19.1. The van der Waals surface area contributed by atoms with E-state index in [1.165, 1.54) is 18.4 Å². The molecule has 6 heteroatoms. The molecule has 0 unspecified atom stereocenters. The average Bonchev–Trinajstić information content (AvgIpc) is 3.56. The molecule has 2 saturated carbocycles. The van der Waals surface area contributed by atoms with E-state index < -0.39 is 0 Å². The second-order valence-corrected chi connectivity index (χ2v) is 10.1. The molecule has 1 aromatic rings. The Labute approximate surface area is 186 Å². The quantitative estimate of drug-likeness (QED) is 0.657. The smallest absolute Gasteiger partial charge is 0.321 e. The minimum Gasteiger partial charge on any atom is -0.396 e. The summed E-state index contributed by atoms with van der Waals surface area (Å²) >= 11 is 0. The SMILES string of the molecule is CN(C)C1(c2ccccc2)CCC2(CC1)CN(CC(=O)CCCO)C(=O)N2CC1CC1. The number of ketones is 1. The van der Waals surface area contributed by atoms with Gasteiger partial charge in [0.1, 0.15) is 0 Å². The van der Waals surface area contributed by atoms with Crippen molar-refractivity contribution in [1.29, 1.82) is 0 Å². The molecule has 0 aromatic heterocycles. The number of rotatable bonds is 9. The number of nitrogens with zero attached hydrogens (tertiary/aromatic N) is 3. The maximum absolute atomic E-state index is 13.4. The van der Waals surface area contributed by atoms with Crippen LogP contribution < -0.4 is 0 Å². The number of hydrogen-bond acceptors (Lipinski definition) is 4. The molecule has 2 aliphatic carbocycles. The van der Waals surface area contributed by atoms with Gasteiger partial charge in [0.25, 0.3) is 0 Å². The number of carbonyl (C=O) groups excluding carboxylic acids is 2. The summed E-state index contributed by atoms with van der Waals surface area (Å²) in [5.74, 6) is 0.675. The Morgan fingerprint density at radius 3 is 2.39 bits per heavy atom. The van der Waals surface area contributed by atoms with E-state index in [1.807, 2.05) is 0 Å². The van der Waals surface area contributed by atoms with E-state index in [2.05, 4.69) is 54.2 Å². The summed E-state index contributed by atoms with van der Waals surface area (Å²) in [7, 11) is 4.33. The van der Waals surface area contributed by atoms with E-state index >= 15 is 0 Å². The normalized spacial score (nSPS) is 28.7. The van der Waals surface area contributed by atoms with Gasteiger partial charge in [-0.3, -0.25) is 9.69 Å². The van der Waals surface area contributed by atoms with Crippen LogP contribution in [0.1, 0.15) is 56.9 Å². The maximum atomic E-state index is 13.4. The van der Waals surface area contributed by atoms with Crippen molar-refractivity contribution in [2.45, 2.75) is 62.4 Å². The molecule has 0 bridgehead atoms. The molecule has 4 rings (SSSR count). The standard InChI is InChI=1S/C25H37N3O3/c1-26(2)25(21-7-4-3-5-8-21)14-12-24(13-15-25)19-27(18-22(30)9-6-16-29)23(31)28(24)17-20-10-11-20/h3-5,7-8,20,29H,6,9-19H2,1-2H3. The number of urea groups is 1. The van der Waals surface area contributed by atoms with E-state index in [4.69, 9.17) is 5.11 Å². The molecule has 1 spiro atoms. The van der Waals surface area contributed by atoms with Gasteiger partial charge in [-0.05, 0) is 70.5 Å². The van der Waals surface area contributed by atoms with Gasteiger partial charge in [-0.15, -0.1) is 0 Å². The minimum atomic E-state index is -0.161. The summed E-state index contributed by atoms with van der Waals surface area (Å²) in [5.41, 5.74) is 1.18. The van der Waals surface area contributed by atoms with Crippen LogP contribution in [0.4, 0.5) is 4.79 Å². The van der Waals surface area contributed by atoms with Crippen molar-refractivity contribution in [3.63, 3.8) is 0 Å². The Kier molecular flexibility index (Phi) is 6.40. The molecule has 1 saturated heterocycles. The van der Waals surface area contributed by atoms with E-state index in [0.29, 0.717) is 25.3 Å². The molecule has 0 radical (unpaired) electrons. The highest BCUT2D eigenvalue weighted by Crippen LogP contribution is 2.49. The van der Waals surface area contributed by atoms with Gasteiger partial charge in [0.2, 0.25) is 0 Å². The lowest BCUT2D eigenvalue weighted by atomic mass is 9.68. The zero-order chi connectivity index (χ0) is 22.1. The van der Waals surface area contributed by atoms with Crippen LogP contribution in [-0.2, 0) is 10.3 Å². The Balaban J connectivity index is 1.53. The minimum absolute atomic E-state index is 0.00876. The van der Waals surface area contributed by atoms with Gasteiger partial charge in [-0.2, -0.15) is 0 Å². The number of hydrogen-bond donors (Lipinski definition) is 1.